The molecule has 4 nitrogen and oxygen atoms in total. The fourth-order valence-electron chi connectivity index (χ4n) is 1.70. The van der Waals surface area contributed by atoms with Crippen molar-refractivity contribution >= 4 is 21.7 Å². The van der Waals surface area contributed by atoms with Gasteiger partial charge in [0, 0.05) is 19.3 Å². The van der Waals surface area contributed by atoms with E-state index in [0.717, 1.165) is 15.9 Å². The summed E-state index contributed by atoms with van der Waals surface area (Å²) in [5.74, 6) is 0.774. The summed E-state index contributed by atoms with van der Waals surface area (Å²) in [6, 6.07) is 1.97. The SMILES string of the molecule is Cc1cnc(N2CC(O)C(O)C2)c(Br)c1. The molecule has 1 aliphatic heterocycles. The first-order valence-corrected chi connectivity index (χ1v) is 5.60. The standard InChI is InChI=1S/C10H13BrN2O2/c1-6-2-7(11)10(12-3-6)13-4-8(14)9(15)5-13/h2-3,8-9,14-15H,4-5H2,1H3. The van der Waals surface area contributed by atoms with E-state index in [1.54, 1.807) is 6.20 Å². The molecule has 5 heteroatoms. The minimum absolute atomic E-state index is 0.426. The number of nitrogens with zero attached hydrogens (tertiary/aromatic N) is 2. The quantitative estimate of drug-likeness (QED) is 0.790. The van der Waals surface area contributed by atoms with E-state index in [1.165, 1.54) is 0 Å². The van der Waals surface area contributed by atoms with E-state index in [0.29, 0.717) is 13.1 Å². The molecular weight excluding hydrogens is 260 g/mol. The van der Waals surface area contributed by atoms with Gasteiger partial charge in [-0.25, -0.2) is 4.98 Å². The van der Waals surface area contributed by atoms with Crippen molar-refractivity contribution in [3.63, 3.8) is 0 Å². The molecule has 0 aromatic carbocycles. The number of anilines is 1. The zero-order valence-electron chi connectivity index (χ0n) is 8.39. The Labute approximate surface area is 96.7 Å². The molecule has 0 saturated carbocycles. The molecule has 82 valence electrons. The number of β-amino-alcohol motifs (C(OH)–C–C–N with tert-alkyl or cyclic N) is 2. The van der Waals surface area contributed by atoms with Crippen LogP contribution >= 0.6 is 15.9 Å². The van der Waals surface area contributed by atoms with Gasteiger partial charge in [-0.1, -0.05) is 0 Å². The summed E-state index contributed by atoms with van der Waals surface area (Å²) in [6.07, 6.45) is 0.414. The third kappa shape index (κ3) is 2.14. The maximum absolute atomic E-state index is 9.44. The van der Waals surface area contributed by atoms with Crippen molar-refractivity contribution in [3.05, 3.63) is 22.3 Å². The van der Waals surface area contributed by atoms with E-state index in [9.17, 15) is 10.2 Å². The first-order valence-electron chi connectivity index (χ1n) is 4.81. The Kier molecular flexibility index (Phi) is 2.95. The fraction of sp³-hybridized carbons (Fsp3) is 0.500. The predicted octanol–water partition coefficient (Wildman–Crippen LogP) is 0.694. The summed E-state index contributed by atoms with van der Waals surface area (Å²) < 4.78 is 0.892. The van der Waals surface area contributed by atoms with Crippen molar-refractivity contribution in [2.45, 2.75) is 19.1 Å². The van der Waals surface area contributed by atoms with Crippen LogP contribution in [0.15, 0.2) is 16.7 Å². The predicted molar refractivity (Wildman–Crippen MR) is 60.9 cm³/mol. The maximum atomic E-state index is 9.44. The van der Waals surface area contributed by atoms with Crippen LogP contribution in [-0.2, 0) is 0 Å². The van der Waals surface area contributed by atoms with E-state index in [1.807, 2.05) is 17.9 Å². The molecule has 1 aromatic heterocycles. The Hall–Kier alpha value is -0.650. The monoisotopic (exact) mass is 272 g/mol. The summed E-state index contributed by atoms with van der Waals surface area (Å²) in [4.78, 5) is 6.16. The van der Waals surface area contributed by atoms with Gasteiger partial charge in [-0.3, -0.25) is 0 Å². The van der Waals surface area contributed by atoms with Gasteiger partial charge in [0.15, 0.2) is 0 Å². The molecule has 2 rings (SSSR count). The smallest absolute Gasteiger partial charge is 0.143 e. The summed E-state index contributed by atoms with van der Waals surface area (Å²) in [5, 5.41) is 18.9. The van der Waals surface area contributed by atoms with Crippen molar-refractivity contribution in [2.75, 3.05) is 18.0 Å². The number of aromatic nitrogens is 1. The maximum Gasteiger partial charge on any atom is 0.143 e. The van der Waals surface area contributed by atoms with Crippen LogP contribution < -0.4 is 4.90 Å². The van der Waals surface area contributed by atoms with E-state index in [2.05, 4.69) is 20.9 Å². The van der Waals surface area contributed by atoms with E-state index in [4.69, 9.17) is 0 Å². The number of aryl methyl sites for hydroxylation is 1. The largest absolute Gasteiger partial charge is 0.389 e. The van der Waals surface area contributed by atoms with Crippen molar-refractivity contribution in [3.8, 4) is 0 Å². The highest BCUT2D eigenvalue weighted by atomic mass is 79.9. The number of halogens is 1. The number of hydrogen-bond acceptors (Lipinski definition) is 4. The molecule has 0 radical (unpaired) electrons. The van der Waals surface area contributed by atoms with Gasteiger partial charge in [-0.15, -0.1) is 0 Å². The molecule has 1 fully saturated rings. The van der Waals surface area contributed by atoms with Gasteiger partial charge in [-0.2, -0.15) is 0 Å². The molecule has 0 amide bonds. The highest BCUT2D eigenvalue weighted by molar-refractivity contribution is 9.10. The van der Waals surface area contributed by atoms with Crippen LogP contribution in [0.4, 0.5) is 5.82 Å². The Morgan fingerprint density at radius 2 is 2.00 bits per heavy atom. The molecule has 2 atom stereocenters. The van der Waals surface area contributed by atoms with Gasteiger partial charge in [0.25, 0.3) is 0 Å². The van der Waals surface area contributed by atoms with Gasteiger partial charge in [0.05, 0.1) is 16.7 Å². The van der Waals surface area contributed by atoms with Gasteiger partial charge >= 0.3 is 0 Å². The first-order chi connectivity index (χ1) is 7.08. The van der Waals surface area contributed by atoms with E-state index in [-0.39, 0.29) is 0 Å². The topological polar surface area (TPSA) is 56.6 Å². The highest BCUT2D eigenvalue weighted by Crippen LogP contribution is 2.27. The summed E-state index contributed by atoms with van der Waals surface area (Å²) in [5.41, 5.74) is 1.07. The zero-order valence-corrected chi connectivity index (χ0v) is 9.98. The normalized spacial score (nSPS) is 26.0. The summed E-state index contributed by atoms with van der Waals surface area (Å²) in [7, 11) is 0. The van der Waals surface area contributed by atoms with Gasteiger partial charge in [0.1, 0.15) is 5.82 Å². The molecule has 2 heterocycles. The molecule has 0 bridgehead atoms. The number of aliphatic hydroxyl groups excluding tert-OH is 2. The highest BCUT2D eigenvalue weighted by Gasteiger charge is 2.31. The molecule has 1 aliphatic rings. The summed E-state index contributed by atoms with van der Waals surface area (Å²) in [6.45, 7) is 2.82. The van der Waals surface area contributed by atoms with Crippen LogP contribution in [0.3, 0.4) is 0 Å². The lowest BCUT2D eigenvalue weighted by Gasteiger charge is -2.17. The molecular formula is C10H13BrN2O2. The molecule has 0 spiro atoms. The second-order valence-electron chi connectivity index (χ2n) is 3.86. The Balaban J connectivity index is 2.24. The van der Waals surface area contributed by atoms with E-state index < -0.39 is 12.2 Å². The number of pyridine rings is 1. The van der Waals surface area contributed by atoms with Crippen molar-refractivity contribution < 1.29 is 10.2 Å². The Bertz CT molecular complexity index is 362. The fourth-order valence-corrected chi connectivity index (χ4v) is 2.42. The molecule has 1 aromatic rings. The third-order valence-electron chi connectivity index (χ3n) is 2.52. The molecule has 2 N–H and O–H groups in total. The Morgan fingerprint density at radius 3 is 2.53 bits per heavy atom. The lowest BCUT2D eigenvalue weighted by molar-refractivity contribution is 0.0572. The van der Waals surface area contributed by atoms with Crippen molar-refractivity contribution in [2.24, 2.45) is 0 Å². The van der Waals surface area contributed by atoms with Gasteiger partial charge in [-0.05, 0) is 34.5 Å². The molecule has 2 unspecified atom stereocenters. The first kappa shape index (κ1) is 10.9. The molecule has 0 aliphatic carbocycles. The second kappa shape index (κ2) is 4.08. The van der Waals surface area contributed by atoms with Crippen LogP contribution in [0.1, 0.15) is 5.56 Å². The average Bonchev–Trinajstić information content (AvgIpc) is 2.46. The summed E-state index contributed by atoms with van der Waals surface area (Å²) >= 11 is 3.43. The van der Waals surface area contributed by atoms with E-state index >= 15 is 0 Å². The Morgan fingerprint density at radius 1 is 1.40 bits per heavy atom. The number of aliphatic hydroxyl groups is 2. The van der Waals surface area contributed by atoms with Crippen LogP contribution in [0.2, 0.25) is 0 Å². The minimum Gasteiger partial charge on any atom is -0.389 e. The average molecular weight is 273 g/mol. The van der Waals surface area contributed by atoms with Crippen LogP contribution in [0, 0.1) is 6.92 Å². The zero-order chi connectivity index (χ0) is 11.0. The van der Waals surface area contributed by atoms with Crippen LogP contribution in [-0.4, -0.2) is 40.5 Å². The number of rotatable bonds is 1. The van der Waals surface area contributed by atoms with Gasteiger partial charge < -0.3 is 15.1 Å². The molecule has 1 saturated heterocycles. The van der Waals surface area contributed by atoms with Crippen LogP contribution in [0.5, 0.6) is 0 Å². The lowest BCUT2D eigenvalue weighted by Crippen LogP contribution is -2.22. The van der Waals surface area contributed by atoms with Gasteiger partial charge in [0.2, 0.25) is 0 Å². The molecule has 15 heavy (non-hydrogen) atoms. The number of hydrogen-bond donors (Lipinski definition) is 2. The second-order valence-corrected chi connectivity index (χ2v) is 4.71. The van der Waals surface area contributed by atoms with Crippen molar-refractivity contribution in [1.29, 1.82) is 0 Å². The van der Waals surface area contributed by atoms with Crippen molar-refractivity contribution in [1.82, 2.24) is 4.98 Å². The lowest BCUT2D eigenvalue weighted by atomic mass is 10.3. The third-order valence-corrected chi connectivity index (χ3v) is 3.10. The minimum atomic E-state index is -0.681. The van der Waals surface area contributed by atoms with Crippen LogP contribution in [0.25, 0.3) is 0 Å².